The zero-order valence-corrected chi connectivity index (χ0v) is 15.5. The Morgan fingerprint density at radius 3 is 2.24 bits per heavy atom. The normalized spacial score (nSPS) is 12.1. The number of alkyl halides is 6. The smallest absolute Gasteiger partial charge is 0.406 e. The number of rotatable bonds is 3. The van der Waals surface area contributed by atoms with Crippen molar-refractivity contribution in [1.29, 1.82) is 0 Å². The van der Waals surface area contributed by atoms with E-state index in [4.69, 9.17) is 11.6 Å². The number of aryl methyl sites for hydroxylation is 1. The highest BCUT2D eigenvalue weighted by Crippen LogP contribution is 2.41. The van der Waals surface area contributed by atoms with Crippen LogP contribution in [0, 0.1) is 13.0 Å². The number of hydrogen-bond acceptors (Lipinski definition) is 1. The van der Waals surface area contributed by atoms with Gasteiger partial charge in [0.2, 0.25) is 0 Å². The molecule has 0 aliphatic rings. The van der Waals surface area contributed by atoms with Gasteiger partial charge >= 0.3 is 12.5 Å². The third-order valence-electron chi connectivity index (χ3n) is 4.13. The van der Waals surface area contributed by atoms with Crippen LogP contribution < -0.4 is 4.74 Å². The van der Waals surface area contributed by atoms with Crippen molar-refractivity contribution >= 4 is 11.6 Å². The van der Waals surface area contributed by atoms with Crippen molar-refractivity contribution in [2.45, 2.75) is 19.5 Å². The van der Waals surface area contributed by atoms with Crippen molar-refractivity contribution in [3.63, 3.8) is 0 Å². The first-order valence-electron chi connectivity index (χ1n) is 8.20. The second-order valence-electron chi connectivity index (χ2n) is 6.20. The summed E-state index contributed by atoms with van der Waals surface area (Å²) in [5.41, 5.74) is 1.40. The van der Waals surface area contributed by atoms with Gasteiger partial charge in [0.15, 0.2) is 0 Å². The molecule has 0 N–H and O–H groups in total. The molecule has 0 heterocycles. The van der Waals surface area contributed by atoms with Crippen LogP contribution in [0.1, 0.15) is 11.1 Å². The van der Waals surface area contributed by atoms with Crippen LogP contribution in [-0.4, -0.2) is 6.36 Å². The van der Waals surface area contributed by atoms with E-state index in [1.165, 1.54) is 24.3 Å². The molecule has 0 saturated carbocycles. The highest BCUT2D eigenvalue weighted by atomic mass is 35.5. The fourth-order valence-corrected chi connectivity index (χ4v) is 3.24. The molecule has 0 spiro atoms. The van der Waals surface area contributed by atoms with Crippen LogP contribution in [-0.2, 0) is 6.18 Å². The van der Waals surface area contributed by atoms with Crippen LogP contribution in [0.3, 0.4) is 0 Å². The maximum atomic E-state index is 12.9. The van der Waals surface area contributed by atoms with Crippen molar-refractivity contribution in [2.75, 3.05) is 0 Å². The van der Waals surface area contributed by atoms with Crippen molar-refractivity contribution in [1.82, 2.24) is 0 Å². The van der Waals surface area contributed by atoms with E-state index >= 15 is 0 Å². The van der Waals surface area contributed by atoms with Gasteiger partial charge in [-0.05, 0) is 65.6 Å². The van der Waals surface area contributed by atoms with Crippen LogP contribution in [0.5, 0.6) is 5.75 Å². The van der Waals surface area contributed by atoms with E-state index in [1.807, 2.05) is 0 Å². The Hall–Kier alpha value is -2.67. The van der Waals surface area contributed by atoms with Gasteiger partial charge < -0.3 is 4.74 Å². The van der Waals surface area contributed by atoms with E-state index in [-0.39, 0.29) is 5.02 Å². The van der Waals surface area contributed by atoms with E-state index in [2.05, 4.69) is 10.8 Å². The minimum atomic E-state index is -4.85. The lowest BCUT2D eigenvalue weighted by Gasteiger charge is -2.17. The number of ether oxygens (including phenoxy) is 1. The number of hydrogen-bond donors (Lipinski definition) is 0. The quantitative estimate of drug-likeness (QED) is 0.387. The van der Waals surface area contributed by atoms with E-state index in [9.17, 15) is 26.3 Å². The minimum absolute atomic E-state index is 0.136. The summed E-state index contributed by atoms with van der Waals surface area (Å²) in [6.07, 6.45) is -9.40. The largest absolute Gasteiger partial charge is 0.573 e. The van der Waals surface area contributed by atoms with E-state index < -0.39 is 23.9 Å². The van der Waals surface area contributed by atoms with Crippen LogP contribution in [0.15, 0.2) is 54.6 Å². The molecule has 3 aromatic carbocycles. The molecule has 3 rings (SSSR count). The summed E-state index contributed by atoms with van der Waals surface area (Å²) in [7, 11) is 0. The van der Waals surface area contributed by atoms with Gasteiger partial charge in [0, 0.05) is 10.6 Å². The first-order chi connectivity index (χ1) is 13.5. The van der Waals surface area contributed by atoms with Gasteiger partial charge in [-0.3, -0.25) is 0 Å². The Labute approximate surface area is 167 Å². The maximum absolute atomic E-state index is 12.9. The van der Waals surface area contributed by atoms with Crippen molar-refractivity contribution in [3.8, 4) is 28.0 Å². The van der Waals surface area contributed by atoms with Crippen LogP contribution in [0.4, 0.5) is 26.3 Å². The van der Waals surface area contributed by atoms with Gasteiger partial charge in [-0.1, -0.05) is 35.9 Å². The molecule has 0 aliphatic heterocycles. The first-order valence-corrected chi connectivity index (χ1v) is 8.57. The topological polar surface area (TPSA) is 9.23 Å². The molecule has 0 aromatic heterocycles. The molecule has 29 heavy (non-hydrogen) atoms. The molecular weight excluding hydrogens is 418 g/mol. The lowest BCUT2D eigenvalue weighted by molar-refractivity contribution is -0.274. The Bertz CT molecular complexity index is 1040. The molecule has 0 amide bonds. The van der Waals surface area contributed by atoms with Crippen LogP contribution >= 0.6 is 11.6 Å². The Kier molecular flexibility index (Phi) is 5.54. The van der Waals surface area contributed by atoms with E-state index in [0.29, 0.717) is 27.8 Å². The predicted molar refractivity (Wildman–Crippen MR) is 97.6 cm³/mol. The average Bonchev–Trinajstić information content (AvgIpc) is 2.59. The second kappa shape index (κ2) is 7.63. The monoisotopic (exact) mass is 429 g/mol. The van der Waals surface area contributed by atoms with Crippen molar-refractivity contribution < 1.29 is 31.1 Å². The van der Waals surface area contributed by atoms with Gasteiger partial charge in [-0.2, -0.15) is 13.2 Å². The molecule has 0 bridgehead atoms. The fourth-order valence-electron chi connectivity index (χ4n) is 2.96. The van der Waals surface area contributed by atoms with E-state index in [1.54, 1.807) is 19.1 Å². The summed E-state index contributed by atoms with van der Waals surface area (Å²) in [4.78, 5) is 0. The number of halogens is 7. The maximum Gasteiger partial charge on any atom is 0.573 e. The number of benzene rings is 3. The summed E-state index contributed by atoms with van der Waals surface area (Å²) < 4.78 is 80.4. The first kappa shape index (κ1) is 21.0. The highest BCUT2D eigenvalue weighted by Gasteiger charge is 2.32. The highest BCUT2D eigenvalue weighted by molar-refractivity contribution is 6.33. The Morgan fingerprint density at radius 1 is 0.897 bits per heavy atom. The van der Waals surface area contributed by atoms with Crippen LogP contribution in [0.2, 0.25) is 5.02 Å². The summed E-state index contributed by atoms with van der Waals surface area (Å²) in [5, 5.41) is -0.136. The molecular formula is C21H12ClF6O. The molecule has 151 valence electrons. The van der Waals surface area contributed by atoms with E-state index in [0.717, 1.165) is 18.2 Å². The summed E-state index contributed by atoms with van der Waals surface area (Å²) in [6, 6.07) is 14.3. The zero-order valence-electron chi connectivity index (χ0n) is 14.8. The zero-order chi connectivity index (χ0) is 21.4. The summed E-state index contributed by atoms with van der Waals surface area (Å²) in [6.45, 7) is 1.71. The lowest BCUT2D eigenvalue weighted by Crippen LogP contribution is -2.17. The SMILES string of the molecule is Cc1c[c]cc(-c2ccc(C(F)(F)F)cc2Cl)c1-c1cccc(OC(F)(F)F)c1. The molecule has 0 unspecified atom stereocenters. The molecule has 0 fully saturated rings. The summed E-state index contributed by atoms with van der Waals surface area (Å²) in [5.74, 6) is -0.410. The molecule has 3 aromatic rings. The molecule has 0 saturated heterocycles. The minimum Gasteiger partial charge on any atom is -0.406 e. The average molecular weight is 430 g/mol. The van der Waals surface area contributed by atoms with Gasteiger partial charge in [-0.15, -0.1) is 13.2 Å². The molecule has 8 heteroatoms. The van der Waals surface area contributed by atoms with Gasteiger partial charge in [0.1, 0.15) is 5.75 Å². The lowest BCUT2D eigenvalue weighted by atomic mass is 9.90. The predicted octanol–water partition coefficient (Wildman–Crippen LogP) is 7.70. The van der Waals surface area contributed by atoms with Gasteiger partial charge in [-0.25, -0.2) is 0 Å². The molecule has 0 aliphatic carbocycles. The fraction of sp³-hybridized carbons (Fsp3) is 0.143. The Morgan fingerprint density at radius 2 is 1.62 bits per heavy atom. The molecule has 1 radical (unpaired) electrons. The third-order valence-corrected chi connectivity index (χ3v) is 4.45. The standard InChI is InChI=1S/C21H12ClF6O/c1-12-4-2-7-17(16-9-8-14(11-18(16)22)20(23,24)25)19(12)13-5-3-6-15(10-13)29-21(26,27)28/h3-11H,1H3. The van der Waals surface area contributed by atoms with Gasteiger partial charge in [0.25, 0.3) is 0 Å². The van der Waals surface area contributed by atoms with Crippen LogP contribution in [0.25, 0.3) is 22.3 Å². The van der Waals surface area contributed by atoms with Gasteiger partial charge in [0.05, 0.1) is 5.56 Å². The Balaban J connectivity index is 2.14. The second-order valence-corrected chi connectivity index (χ2v) is 6.60. The molecule has 1 nitrogen and oxygen atoms in total. The third kappa shape index (κ3) is 4.85. The molecule has 0 atom stereocenters. The van der Waals surface area contributed by atoms with Crippen molar-refractivity contribution in [2.24, 2.45) is 0 Å². The van der Waals surface area contributed by atoms with Crippen molar-refractivity contribution in [3.05, 3.63) is 76.8 Å². The summed E-state index contributed by atoms with van der Waals surface area (Å²) >= 11 is 6.11.